The molecule has 1 aromatic rings. The van der Waals surface area contributed by atoms with E-state index in [9.17, 15) is 0 Å². The first-order valence-corrected chi connectivity index (χ1v) is 8.23. The molecule has 1 aliphatic heterocycles. The Balaban J connectivity index is 1.86. The number of morpholine rings is 1. The fourth-order valence-corrected chi connectivity index (χ4v) is 3.13. The highest BCUT2D eigenvalue weighted by Crippen LogP contribution is 2.32. The summed E-state index contributed by atoms with van der Waals surface area (Å²) in [6.45, 7) is 8.03. The third-order valence-electron chi connectivity index (χ3n) is 4.14. The molecule has 20 heavy (non-hydrogen) atoms. The van der Waals surface area contributed by atoms with Crippen LogP contribution in [0.25, 0.3) is 0 Å². The highest BCUT2D eigenvalue weighted by atomic mass is 79.9. The summed E-state index contributed by atoms with van der Waals surface area (Å²) in [7, 11) is 0. The predicted molar refractivity (Wildman–Crippen MR) is 86.2 cm³/mol. The monoisotopic (exact) mass is 338 g/mol. The number of hydrogen-bond acceptors (Lipinski definition) is 3. The molecule has 3 nitrogen and oxygen atoms in total. The first-order chi connectivity index (χ1) is 9.56. The van der Waals surface area contributed by atoms with Crippen molar-refractivity contribution in [2.45, 2.75) is 44.8 Å². The van der Waals surface area contributed by atoms with Gasteiger partial charge in [-0.2, -0.15) is 0 Å². The molecule has 3 rings (SSSR count). The lowest BCUT2D eigenvalue weighted by Crippen LogP contribution is -2.53. The fraction of sp³-hybridized carbons (Fsp3) is 0.625. The number of halogens is 1. The lowest BCUT2D eigenvalue weighted by Gasteiger charge is -2.44. The Morgan fingerprint density at radius 2 is 2.20 bits per heavy atom. The molecule has 4 heteroatoms. The van der Waals surface area contributed by atoms with Gasteiger partial charge in [0, 0.05) is 29.3 Å². The Morgan fingerprint density at radius 3 is 2.90 bits per heavy atom. The lowest BCUT2D eigenvalue weighted by molar-refractivity contribution is 0.0643. The average Bonchev–Trinajstić information content (AvgIpc) is 3.21. The second kappa shape index (κ2) is 5.66. The third-order valence-corrected chi connectivity index (χ3v) is 4.64. The molecule has 110 valence electrons. The van der Waals surface area contributed by atoms with E-state index >= 15 is 0 Å². The van der Waals surface area contributed by atoms with Crippen molar-refractivity contribution < 1.29 is 4.74 Å². The molecule has 0 unspecified atom stereocenters. The van der Waals surface area contributed by atoms with Crippen LogP contribution in [0.3, 0.4) is 0 Å². The number of ether oxygens (including phenoxy) is 1. The van der Waals surface area contributed by atoms with Gasteiger partial charge in [0.1, 0.15) is 0 Å². The summed E-state index contributed by atoms with van der Waals surface area (Å²) in [6, 6.07) is 7.36. The molecule has 1 aromatic carbocycles. The zero-order chi connectivity index (χ0) is 14.2. The van der Waals surface area contributed by atoms with Crippen molar-refractivity contribution in [3.63, 3.8) is 0 Å². The maximum absolute atomic E-state index is 5.65. The van der Waals surface area contributed by atoms with Gasteiger partial charge >= 0.3 is 0 Å². The molecule has 2 fully saturated rings. The zero-order valence-electron chi connectivity index (χ0n) is 12.3. The molecule has 1 saturated carbocycles. The van der Waals surface area contributed by atoms with Crippen molar-refractivity contribution in [3.05, 3.63) is 28.2 Å². The topological polar surface area (TPSA) is 24.5 Å². The molecule has 1 saturated heterocycles. The molecule has 0 aromatic heterocycles. The molecule has 2 aliphatic rings. The molecule has 1 aliphatic carbocycles. The minimum absolute atomic E-state index is 0.0490. The quantitative estimate of drug-likeness (QED) is 0.911. The number of benzene rings is 1. The summed E-state index contributed by atoms with van der Waals surface area (Å²) in [6.07, 6.45) is 2.66. The summed E-state index contributed by atoms with van der Waals surface area (Å²) in [5.41, 5.74) is 2.77. The van der Waals surface area contributed by atoms with E-state index in [-0.39, 0.29) is 5.54 Å². The second-order valence-corrected chi connectivity index (χ2v) is 7.36. The Bertz CT molecular complexity index is 485. The number of anilines is 1. The van der Waals surface area contributed by atoms with Crippen LogP contribution in [0.4, 0.5) is 5.69 Å². The Morgan fingerprint density at radius 1 is 1.40 bits per heavy atom. The minimum Gasteiger partial charge on any atom is -0.377 e. The van der Waals surface area contributed by atoms with Gasteiger partial charge in [0.15, 0.2) is 0 Å². The van der Waals surface area contributed by atoms with Gasteiger partial charge in [0.25, 0.3) is 0 Å². The maximum Gasteiger partial charge on any atom is 0.0694 e. The van der Waals surface area contributed by atoms with Gasteiger partial charge in [-0.1, -0.05) is 22.0 Å². The van der Waals surface area contributed by atoms with E-state index in [1.54, 1.807) is 0 Å². The van der Waals surface area contributed by atoms with Crippen LogP contribution in [-0.4, -0.2) is 31.3 Å². The summed E-state index contributed by atoms with van der Waals surface area (Å²) in [5.74, 6) is 0. The summed E-state index contributed by atoms with van der Waals surface area (Å²) in [5, 5.41) is 3.63. The Kier molecular flexibility index (Phi) is 4.07. The van der Waals surface area contributed by atoms with Gasteiger partial charge in [-0.05, 0) is 44.4 Å². The molecular formula is C16H23BrN2O. The number of nitrogens with zero attached hydrogens (tertiary/aromatic N) is 1. The smallest absolute Gasteiger partial charge is 0.0694 e. The van der Waals surface area contributed by atoms with Crippen LogP contribution < -0.4 is 10.2 Å². The van der Waals surface area contributed by atoms with Crippen LogP contribution in [-0.2, 0) is 11.3 Å². The standard InChI is InChI=1S/C16H23BrN2O/c1-16(2)11-20-8-7-19(16)15-9-13(17)4-3-12(15)10-18-14-5-6-14/h3-4,9,14,18H,5-8,10-11H2,1-2H3. The SMILES string of the molecule is CC1(C)COCCN1c1cc(Br)ccc1CNC1CC1. The van der Waals surface area contributed by atoms with Gasteiger partial charge < -0.3 is 15.0 Å². The highest BCUT2D eigenvalue weighted by molar-refractivity contribution is 9.10. The van der Waals surface area contributed by atoms with Gasteiger partial charge in [0.05, 0.1) is 18.8 Å². The number of hydrogen-bond donors (Lipinski definition) is 1. The van der Waals surface area contributed by atoms with Crippen molar-refractivity contribution in [1.29, 1.82) is 0 Å². The van der Waals surface area contributed by atoms with Crippen LogP contribution in [0.15, 0.2) is 22.7 Å². The van der Waals surface area contributed by atoms with E-state index in [2.05, 4.69) is 58.2 Å². The predicted octanol–water partition coefficient (Wildman–Crippen LogP) is 3.32. The summed E-state index contributed by atoms with van der Waals surface area (Å²) < 4.78 is 6.79. The van der Waals surface area contributed by atoms with E-state index in [1.807, 2.05) is 0 Å². The van der Waals surface area contributed by atoms with Crippen LogP contribution in [0.1, 0.15) is 32.3 Å². The second-order valence-electron chi connectivity index (χ2n) is 6.44. The molecule has 0 amide bonds. The van der Waals surface area contributed by atoms with Crippen LogP contribution in [0.2, 0.25) is 0 Å². The van der Waals surface area contributed by atoms with Crippen molar-refractivity contribution >= 4 is 21.6 Å². The van der Waals surface area contributed by atoms with E-state index in [0.717, 1.165) is 36.8 Å². The first-order valence-electron chi connectivity index (χ1n) is 7.43. The molecule has 0 radical (unpaired) electrons. The van der Waals surface area contributed by atoms with Crippen LogP contribution in [0, 0.1) is 0 Å². The van der Waals surface area contributed by atoms with Gasteiger partial charge in [-0.25, -0.2) is 0 Å². The number of rotatable bonds is 4. The van der Waals surface area contributed by atoms with Crippen LogP contribution in [0.5, 0.6) is 0 Å². The zero-order valence-corrected chi connectivity index (χ0v) is 13.9. The largest absolute Gasteiger partial charge is 0.377 e. The molecule has 1 N–H and O–H groups in total. The van der Waals surface area contributed by atoms with Crippen molar-refractivity contribution in [2.75, 3.05) is 24.7 Å². The van der Waals surface area contributed by atoms with E-state index < -0.39 is 0 Å². The molecule has 1 heterocycles. The van der Waals surface area contributed by atoms with E-state index in [4.69, 9.17) is 4.74 Å². The molecule has 0 bridgehead atoms. The Hall–Kier alpha value is -0.580. The lowest BCUT2D eigenvalue weighted by atomic mass is 9.99. The van der Waals surface area contributed by atoms with Gasteiger partial charge in [0.2, 0.25) is 0 Å². The minimum atomic E-state index is 0.0490. The summed E-state index contributed by atoms with van der Waals surface area (Å²) in [4.78, 5) is 2.49. The average molecular weight is 339 g/mol. The van der Waals surface area contributed by atoms with Crippen molar-refractivity contribution in [2.24, 2.45) is 0 Å². The maximum atomic E-state index is 5.65. The highest BCUT2D eigenvalue weighted by Gasteiger charge is 2.32. The van der Waals surface area contributed by atoms with E-state index in [0.29, 0.717) is 0 Å². The van der Waals surface area contributed by atoms with Crippen molar-refractivity contribution in [1.82, 2.24) is 5.32 Å². The normalized spacial score (nSPS) is 22.1. The third kappa shape index (κ3) is 3.18. The molecular weight excluding hydrogens is 316 g/mol. The van der Waals surface area contributed by atoms with Crippen molar-refractivity contribution in [3.8, 4) is 0 Å². The van der Waals surface area contributed by atoms with Gasteiger partial charge in [-0.15, -0.1) is 0 Å². The molecule has 0 spiro atoms. The number of nitrogens with one attached hydrogen (secondary N) is 1. The Labute approximate surface area is 129 Å². The van der Waals surface area contributed by atoms with Gasteiger partial charge in [-0.3, -0.25) is 0 Å². The summed E-state index contributed by atoms with van der Waals surface area (Å²) >= 11 is 3.61. The first kappa shape index (κ1) is 14.4. The molecule has 0 atom stereocenters. The van der Waals surface area contributed by atoms with E-state index in [1.165, 1.54) is 24.1 Å². The van der Waals surface area contributed by atoms with Crippen LogP contribution >= 0.6 is 15.9 Å². The fourth-order valence-electron chi connectivity index (χ4n) is 2.78.